The van der Waals surface area contributed by atoms with Crippen LogP contribution < -0.4 is 0 Å². The van der Waals surface area contributed by atoms with Gasteiger partial charge < -0.3 is 24.2 Å². The molecule has 1 rings (SSSR count). The van der Waals surface area contributed by atoms with Gasteiger partial charge in [-0.15, -0.1) is 0 Å². The fraction of sp³-hybridized carbons (Fsp3) is 0.938. The lowest BCUT2D eigenvalue weighted by atomic mass is 10.0. The van der Waals surface area contributed by atoms with Gasteiger partial charge in [-0.1, -0.05) is 168 Å². The van der Waals surface area contributed by atoms with Gasteiger partial charge in [0, 0.05) is 13.0 Å². The summed E-state index contributed by atoms with van der Waals surface area (Å²) in [4.78, 5) is 40.1. The number of cyclic esters (lactones) is 2. The molecule has 1 aliphatic heterocycles. The summed E-state index contributed by atoms with van der Waals surface area (Å²) in [5.74, 6) is -0.766. The second kappa shape index (κ2) is 38.8. The Morgan fingerprint density at radius 2 is 0.875 bits per heavy atom. The van der Waals surface area contributed by atoms with E-state index in [0.29, 0.717) is 25.8 Å². The minimum absolute atomic E-state index is 0.00555. The molecule has 8 heteroatoms. The molecule has 0 saturated carbocycles. The van der Waals surface area contributed by atoms with Crippen molar-refractivity contribution in [3.63, 3.8) is 0 Å². The Bertz CT molecular complexity index is 898. The average Bonchev–Trinajstić information content (AvgIpc) is 3.19. The number of unbranched alkanes of at least 4 members (excludes halogenated alkanes) is 25. The van der Waals surface area contributed by atoms with Gasteiger partial charge >= 0.3 is 17.9 Å². The standard InChI is InChI=1S/C48H91NO7/c1-4-7-10-13-16-17-18-22-29-36-44-47(52)56-45(48(53)55-44)37-30-24-26-33-40-49(41-42-50)39-32-25-19-23-31-38-46(51)54-43(34-27-20-14-11-8-5-2)35-28-21-15-12-9-6-3/h43-45,50H,4-42H2,1-3H3. The van der Waals surface area contributed by atoms with Crippen LogP contribution in [0, 0.1) is 0 Å². The largest absolute Gasteiger partial charge is 0.462 e. The van der Waals surface area contributed by atoms with Gasteiger partial charge in [0.1, 0.15) is 6.10 Å². The molecule has 56 heavy (non-hydrogen) atoms. The lowest BCUT2D eigenvalue weighted by Crippen LogP contribution is -2.43. The molecule has 8 nitrogen and oxygen atoms in total. The molecule has 2 atom stereocenters. The van der Waals surface area contributed by atoms with E-state index in [1.165, 1.54) is 122 Å². The quantitative estimate of drug-likeness (QED) is 0.0370. The number of aliphatic hydroxyl groups excluding tert-OH is 1. The number of hydrogen-bond donors (Lipinski definition) is 1. The lowest BCUT2D eigenvalue weighted by molar-refractivity contribution is -0.196. The second-order valence-corrected chi connectivity index (χ2v) is 17.0. The number of carbonyl (C=O) groups is 3. The summed E-state index contributed by atoms with van der Waals surface area (Å²) < 4.78 is 17.0. The van der Waals surface area contributed by atoms with E-state index in [2.05, 4.69) is 25.7 Å². The zero-order valence-electron chi connectivity index (χ0n) is 37.2. The van der Waals surface area contributed by atoms with E-state index in [-0.39, 0.29) is 30.6 Å². The highest BCUT2D eigenvalue weighted by molar-refractivity contribution is 5.87. The summed E-state index contributed by atoms with van der Waals surface area (Å²) in [6, 6.07) is 0. The van der Waals surface area contributed by atoms with Gasteiger partial charge in [0.25, 0.3) is 0 Å². The summed E-state index contributed by atoms with van der Waals surface area (Å²) >= 11 is 0. The Balaban J connectivity index is 2.15. The molecule has 1 saturated heterocycles. The molecule has 1 heterocycles. The van der Waals surface area contributed by atoms with Crippen LogP contribution in [0.25, 0.3) is 0 Å². The number of rotatable bonds is 42. The van der Waals surface area contributed by atoms with Gasteiger partial charge in [-0.2, -0.15) is 0 Å². The van der Waals surface area contributed by atoms with Crippen molar-refractivity contribution in [1.29, 1.82) is 0 Å². The number of aliphatic hydroxyl groups is 1. The summed E-state index contributed by atoms with van der Waals surface area (Å²) in [5.41, 5.74) is 0. The minimum Gasteiger partial charge on any atom is -0.462 e. The topological polar surface area (TPSA) is 102 Å². The average molecular weight is 794 g/mol. The highest BCUT2D eigenvalue weighted by Crippen LogP contribution is 2.22. The molecular weight excluding hydrogens is 703 g/mol. The van der Waals surface area contributed by atoms with E-state index in [9.17, 15) is 19.5 Å². The van der Waals surface area contributed by atoms with Gasteiger partial charge in [0.05, 0.1) is 6.61 Å². The Morgan fingerprint density at radius 3 is 1.29 bits per heavy atom. The molecule has 1 fully saturated rings. The minimum atomic E-state index is -0.764. The Kier molecular flexibility index (Phi) is 36.3. The van der Waals surface area contributed by atoms with Gasteiger partial charge in [0.2, 0.25) is 0 Å². The van der Waals surface area contributed by atoms with Crippen molar-refractivity contribution in [3.8, 4) is 0 Å². The SMILES string of the molecule is CCCCCCCCCCCC1OC(=O)C(CCCCCCN(CCO)CCCCCCCC(=O)OC(CCCCCCCC)CCCCCCCC)OC1=O. The van der Waals surface area contributed by atoms with Crippen molar-refractivity contribution < 1.29 is 33.7 Å². The first kappa shape index (κ1) is 52.3. The number of esters is 3. The summed E-state index contributed by atoms with van der Waals surface area (Å²) in [6.07, 6.45) is 37.5. The monoisotopic (exact) mass is 794 g/mol. The van der Waals surface area contributed by atoms with Crippen molar-refractivity contribution in [2.24, 2.45) is 0 Å². The fourth-order valence-corrected chi connectivity index (χ4v) is 7.96. The third kappa shape index (κ3) is 30.4. The first-order valence-electron chi connectivity index (χ1n) is 24.4. The number of nitrogens with zero attached hydrogens (tertiary/aromatic N) is 1. The van der Waals surface area contributed by atoms with Crippen LogP contribution in [-0.4, -0.2) is 72.5 Å². The van der Waals surface area contributed by atoms with Crippen molar-refractivity contribution in [2.45, 2.75) is 264 Å². The van der Waals surface area contributed by atoms with Crippen molar-refractivity contribution in [2.75, 3.05) is 26.2 Å². The van der Waals surface area contributed by atoms with Crippen LogP contribution >= 0.6 is 0 Å². The van der Waals surface area contributed by atoms with E-state index in [0.717, 1.165) is 96.6 Å². The molecule has 0 aliphatic carbocycles. The van der Waals surface area contributed by atoms with Crippen LogP contribution in [0.2, 0.25) is 0 Å². The highest BCUT2D eigenvalue weighted by atomic mass is 16.6. The molecule has 0 aromatic heterocycles. The Labute approximate surface area is 345 Å². The molecule has 2 unspecified atom stereocenters. The predicted molar refractivity (Wildman–Crippen MR) is 232 cm³/mol. The summed E-state index contributed by atoms with van der Waals surface area (Å²) in [6.45, 7) is 9.52. The number of hydrogen-bond acceptors (Lipinski definition) is 8. The highest BCUT2D eigenvalue weighted by Gasteiger charge is 2.37. The predicted octanol–water partition coefficient (Wildman–Crippen LogP) is 12.7. The Morgan fingerprint density at radius 1 is 0.518 bits per heavy atom. The number of carbonyl (C=O) groups excluding carboxylic acids is 3. The molecule has 0 spiro atoms. The Hall–Kier alpha value is -1.67. The maximum Gasteiger partial charge on any atom is 0.348 e. The van der Waals surface area contributed by atoms with Crippen LogP contribution in [0.15, 0.2) is 0 Å². The van der Waals surface area contributed by atoms with Crippen LogP contribution in [0.5, 0.6) is 0 Å². The molecular formula is C48H91NO7. The first-order valence-corrected chi connectivity index (χ1v) is 24.4. The van der Waals surface area contributed by atoms with Crippen molar-refractivity contribution >= 4 is 17.9 Å². The first-order chi connectivity index (χ1) is 27.4. The third-order valence-corrected chi connectivity index (χ3v) is 11.6. The summed E-state index contributed by atoms with van der Waals surface area (Å²) in [5, 5.41) is 9.60. The third-order valence-electron chi connectivity index (χ3n) is 11.6. The zero-order chi connectivity index (χ0) is 40.7. The van der Waals surface area contributed by atoms with Crippen molar-refractivity contribution in [1.82, 2.24) is 4.90 Å². The molecule has 0 radical (unpaired) electrons. The summed E-state index contributed by atoms with van der Waals surface area (Å²) in [7, 11) is 0. The van der Waals surface area contributed by atoms with Gasteiger partial charge in [-0.3, -0.25) is 4.79 Å². The molecule has 1 aliphatic rings. The van der Waals surface area contributed by atoms with Crippen LogP contribution in [0.4, 0.5) is 0 Å². The van der Waals surface area contributed by atoms with E-state index in [4.69, 9.17) is 14.2 Å². The van der Waals surface area contributed by atoms with Gasteiger partial charge in [0.15, 0.2) is 12.2 Å². The van der Waals surface area contributed by atoms with Crippen LogP contribution in [0.3, 0.4) is 0 Å². The molecule has 0 aromatic carbocycles. The van der Waals surface area contributed by atoms with E-state index < -0.39 is 12.2 Å². The van der Waals surface area contributed by atoms with Crippen LogP contribution in [0.1, 0.15) is 245 Å². The smallest absolute Gasteiger partial charge is 0.348 e. The van der Waals surface area contributed by atoms with E-state index in [1.54, 1.807) is 0 Å². The molecule has 0 bridgehead atoms. The second-order valence-electron chi connectivity index (χ2n) is 17.0. The maximum absolute atomic E-state index is 12.7. The molecule has 0 aromatic rings. The zero-order valence-corrected chi connectivity index (χ0v) is 37.2. The van der Waals surface area contributed by atoms with Crippen LogP contribution in [-0.2, 0) is 28.6 Å². The van der Waals surface area contributed by atoms with E-state index in [1.807, 2.05) is 0 Å². The molecule has 0 amide bonds. The van der Waals surface area contributed by atoms with Gasteiger partial charge in [-0.25, -0.2) is 9.59 Å². The van der Waals surface area contributed by atoms with Crippen molar-refractivity contribution in [3.05, 3.63) is 0 Å². The van der Waals surface area contributed by atoms with Gasteiger partial charge in [-0.05, 0) is 83.7 Å². The molecule has 1 N–H and O–H groups in total. The number of ether oxygens (including phenoxy) is 3. The maximum atomic E-state index is 12.7. The molecule has 330 valence electrons. The fourth-order valence-electron chi connectivity index (χ4n) is 7.96. The van der Waals surface area contributed by atoms with E-state index >= 15 is 0 Å². The lowest BCUT2D eigenvalue weighted by Gasteiger charge is -2.27. The normalized spacial score (nSPS) is 15.8.